The van der Waals surface area contributed by atoms with E-state index >= 15 is 0 Å². The first kappa shape index (κ1) is 11.0. The van der Waals surface area contributed by atoms with Crippen LogP contribution in [0.4, 0.5) is 0 Å². The van der Waals surface area contributed by atoms with Crippen LogP contribution in [0.5, 0.6) is 5.75 Å². The van der Waals surface area contributed by atoms with Crippen molar-refractivity contribution in [1.29, 1.82) is 0 Å². The lowest BCUT2D eigenvalue weighted by molar-refractivity contribution is 0.340. The largest absolute Gasteiger partial charge is 0.489 e. The molecule has 0 aromatic carbocycles. The minimum atomic E-state index is -3.45. The van der Waals surface area contributed by atoms with Crippen molar-refractivity contribution in [2.45, 2.75) is 13.5 Å². The van der Waals surface area contributed by atoms with Crippen LogP contribution in [0.25, 0.3) is 0 Å². The zero-order valence-electron chi connectivity index (χ0n) is 7.88. The van der Waals surface area contributed by atoms with Gasteiger partial charge in [-0.15, -0.1) is 0 Å². The molecule has 0 unspecified atom stereocenters. The number of hydrogen-bond donors (Lipinski definition) is 1. The maximum Gasteiger partial charge on any atom is 0.212 e. The van der Waals surface area contributed by atoms with Crippen LogP contribution in [0.2, 0.25) is 0 Å². The molecule has 0 aliphatic rings. The minimum absolute atomic E-state index is 0.0498. The molecular formula is C7H13N3O3S. The molecule has 0 saturated carbocycles. The Morgan fingerprint density at radius 1 is 1.64 bits per heavy atom. The van der Waals surface area contributed by atoms with Gasteiger partial charge in [0, 0.05) is 6.54 Å². The van der Waals surface area contributed by atoms with Crippen molar-refractivity contribution in [3.05, 3.63) is 12.4 Å². The lowest BCUT2D eigenvalue weighted by atomic mass is 10.6. The highest BCUT2D eigenvalue weighted by Crippen LogP contribution is 2.07. The molecule has 0 spiro atoms. The molecule has 0 fully saturated rings. The molecule has 0 amide bonds. The number of sulfonamides is 1. The summed E-state index contributed by atoms with van der Waals surface area (Å²) in [6, 6.07) is 0. The van der Waals surface area contributed by atoms with E-state index in [4.69, 9.17) is 9.88 Å². The van der Waals surface area contributed by atoms with Gasteiger partial charge in [-0.3, -0.25) is 4.68 Å². The summed E-state index contributed by atoms with van der Waals surface area (Å²) < 4.78 is 27.9. The van der Waals surface area contributed by atoms with Crippen molar-refractivity contribution < 1.29 is 13.2 Å². The van der Waals surface area contributed by atoms with E-state index < -0.39 is 10.0 Å². The Bertz CT molecular complexity index is 385. The highest BCUT2D eigenvalue weighted by molar-refractivity contribution is 7.89. The molecule has 1 rings (SSSR count). The summed E-state index contributed by atoms with van der Waals surface area (Å²) in [4.78, 5) is 0. The number of rotatable bonds is 5. The van der Waals surface area contributed by atoms with Crippen LogP contribution >= 0.6 is 0 Å². The zero-order valence-corrected chi connectivity index (χ0v) is 8.70. The summed E-state index contributed by atoms with van der Waals surface area (Å²) in [5.74, 6) is 0.361. The van der Waals surface area contributed by atoms with Crippen LogP contribution in [-0.2, 0) is 16.6 Å². The molecule has 14 heavy (non-hydrogen) atoms. The number of aromatic nitrogens is 2. The summed E-state index contributed by atoms with van der Waals surface area (Å²) in [5, 5.41) is 8.76. The second kappa shape index (κ2) is 4.43. The van der Waals surface area contributed by atoms with Gasteiger partial charge < -0.3 is 4.74 Å². The van der Waals surface area contributed by atoms with Gasteiger partial charge in [-0.25, -0.2) is 13.6 Å². The molecule has 80 valence electrons. The van der Waals surface area contributed by atoms with Crippen LogP contribution in [0.15, 0.2) is 12.4 Å². The molecule has 0 bridgehead atoms. The van der Waals surface area contributed by atoms with E-state index in [2.05, 4.69) is 5.10 Å². The number of nitrogens with zero attached hydrogens (tertiary/aromatic N) is 2. The Morgan fingerprint density at radius 3 is 2.86 bits per heavy atom. The average molecular weight is 219 g/mol. The first-order chi connectivity index (χ1) is 6.51. The van der Waals surface area contributed by atoms with Crippen LogP contribution in [-0.4, -0.2) is 30.6 Å². The second-order valence-corrected chi connectivity index (χ2v) is 4.48. The third kappa shape index (κ3) is 3.75. The van der Waals surface area contributed by atoms with Gasteiger partial charge in [0.15, 0.2) is 5.75 Å². The monoisotopic (exact) mass is 219 g/mol. The van der Waals surface area contributed by atoms with Crippen molar-refractivity contribution in [3.8, 4) is 5.75 Å². The van der Waals surface area contributed by atoms with Crippen molar-refractivity contribution in [2.24, 2.45) is 5.14 Å². The Balaban J connectivity index is 2.39. The standard InChI is InChI=1S/C7H13N3O3S/c1-2-10-6-7(5-9-10)13-3-4-14(8,11)12/h5-6H,2-4H2,1H3,(H2,8,11,12). The predicted octanol–water partition coefficient (Wildman–Crippen LogP) is -0.430. The highest BCUT2D eigenvalue weighted by atomic mass is 32.2. The third-order valence-corrected chi connectivity index (χ3v) is 2.31. The molecule has 2 N–H and O–H groups in total. The van der Waals surface area contributed by atoms with E-state index in [1.165, 1.54) is 6.20 Å². The molecule has 6 nitrogen and oxygen atoms in total. The van der Waals surface area contributed by atoms with E-state index in [-0.39, 0.29) is 12.4 Å². The maximum atomic E-state index is 10.6. The molecule has 7 heteroatoms. The summed E-state index contributed by atoms with van der Waals surface area (Å²) in [5.41, 5.74) is 0. The lowest BCUT2D eigenvalue weighted by Gasteiger charge is -2.00. The molecular weight excluding hydrogens is 206 g/mol. The smallest absolute Gasteiger partial charge is 0.212 e. The van der Waals surface area contributed by atoms with E-state index in [0.717, 1.165) is 6.54 Å². The molecule has 0 radical (unpaired) electrons. The number of hydrogen-bond acceptors (Lipinski definition) is 4. The fraction of sp³-hybridized carbons (Fsp3) is 0.571. The van der Waals surface area contributed by atoms with Gasteiger partial charge in [-0.2, -0.15) is 5.10 Å². The fourth-order valence-electron chi connectivity index (χ4n) is 0.868. The van der Waals surface area contributed by atoms with E-state index in [9.17, 15) is 8.42 Å². The van der Waals surface area contributed by atoms with Crippen molar-refractivity contribution >= 4 is 10.0 Å². The van der Waals surface area contributed by atoms with Crippen LogP contribution in [0.3, 0.4) is 0 Å². The quantitative estimate of drug-likeness (QED) is 0.728. The normalized spacial score (nSPS) is 11.6. The third-order valence-electron chi connectivity index (χ3n) is 1.57. The van der Waals surface area contributed by atoms with Crippen molar-refractivity contribution in [1.82, 2.24) is 9.78 Å². The van der Waals surface area contributed by atoms with Gasteiger partial charge in [0.25, 0.3) is 0 Å². The van der Waals surface area contributed by atoms with Crippen LogP contribution < -0.4 is 9.88 Å². The summed E-state index contributed by atoms with van der Waals surface area (Å²) in [6.45, 7) is 2.74. The topological polar surface area (TPSA) is 87.2 Å². The number of ether oxygens (including phenoxy) is 1. The Kier molecular flexibility index (Phi) is 3.48. The fourth-order valence-corrected chi connectivity index (χ4v) is 1.18. The molecule has 1 heterocycles. The van der Waals surface area contributed by atoms with Gasteiger partial charge in [0.1, 0.15) is 6.61 Å². The molecule has 0 aliphatic heterocycles. The van der Waals surface area contributed by atoms with Crippen molar-refractivity contribution in [2.75, 3.05) is 12.4 Å². The van der Waals surface area contributed by atoms with Crippen molar-refractivity contribution in [3.63, 3.8) is 0 Å². The number of nitrogens with two attached hydrogens (primary N) is 1. The average Bonchev–Trinajstić information content (AvgIpc) is 2.50. The Morgan fingerprint density at radius 2 is 2.36 bits per heavy atom. The van der Waals surface area contributed by atoms with E-state index in [0.29, 0.717) is 5.75 Å². The second-order valence-electron chi connectivity index (χ2n) is 2.75. The first-order valence-corrected chi connectivity index (χ1v) is 5.88. The van der Waals surface area contributed by atoms with Gasteiger partial charge in [-0.05, 0) is 6.92 Å². The van der Waals surface area contributed by atoms with Gasteiger partial charge in [0.05, 0.1) is 18.1 Å². The minimum Gasteiger partial charge on any atom is -0.489 e. The van der Waals surface area contributed by atoms with E-state index in [1.807, 2.05) is 6.92 Å². The molecule has 1 aromatic heterocycles. The Labute approximate surface area is 82.7 Å². The lowest BCUT2D eigenvalue weighted by Crippen LogP contribution is -2.21. The van der Waals surface area contributed by atoms with Gasteiger partial charge in [0.2, 0.25) is 10.0 Å². The van der Waals surface area contributed by atoms with E-state index in [1.54, 1.807) is 10.9 Å². The summed E-state index contributed by atoms with van der Waals surface area (Å²) >= 11 is 0. The van der Waals surface area contributed by atoms with Gasteiger partial charge >= 0.3 is 0 Å². The Hall–Kier alpha value is -1.08. The predicted molar refractivity (Wildman–Crippen MR) is 51.4 cm³/mol. The zero-order chi connectivity index (χ0) is 10.6. The first-order valence-electron chi connectivity index (χ1n) is 4.17. The summed E-state index contributed by atoms with van der Waals surface area (Å²) in [7, 11) is -3.45. The molecule has 0 saturated heterocycles. The van der Waals surface area contributed by atoms with Crippen LogP contribution in [0.1, 0.15) is 6.92 Å². The molecule has 0 aliphatic carbocycles. The summed E-state index contributed by atoms with van der Waals surface area (Å²) in [6.07, 6.45) is 3.23. The SMILES string of the molecule is CCn1cc(OCCS(N)(=O)=O)cn1. The van der Waals surface area contributed by atoms with Gasteiger partial charge in [-0.1, -0.05) is 0 Å². The highest BCUT2D eigenvalue weighted by Gasteiger charge is 2.03. The molecule has 0 atom stereocenters. The molecule has 1 aromatic rings. The number of aryl methyl sites for hydroxylation is 1. The maximum absolute atomic E-state index is 10.6. The number of primary sulfonamides is 1. The van der Waals surface area contributed by atoms with Crippen LogP contribution in [0, 0.1) is 0 Å².